The molecule has 0 aliphatic rings. The topological polar surface area (TPSA) is 74.3 Å². The zero-order valence-corrected chi connectivity index (χ0v) is 19.5. The molecule has 0 aliphatic carbocycles. The molecule has 2 aromatic rings. The second-order valence-electron chi connectivity index (χ2n) is 7.49. The monoisotopic (exact) mass is 467 g/mol. The molecule has 1 amide bonds. The van der Waals surface area contributed by atoms with E-state index in [0.29, 0.717) is 17.9 Å². The lowest BCUT2D eigenvalue weighted by atomic mass is 10.2. The molecule has 0 unspecified atom stereocenters. The van der Waals surface area contributed by atoms with Crippen LogP contribution in [0.1, 0.15) is 29.8 Å². The molecule has 0 saturated heterocycles. The third-order valence-corrected chi connectivity index (χ3v) is 4.70. The fraction of sp³-hybridized carbons (Fsp3) is 0.391. The number of halogens is 2. The normalized spacial score (nSPS) is 10.6. The van der Waals surface area contributed by atoms with Crippen LogP contribution in [0.5, 0.6) is 17.2 Å². The van der Waals surface area contributed by atoms with Crippen molar-refractivity contribution in [1.82, 2.24) is 4.90 Å². The minimum atomic E-state index is -0.738. The number of nitrogens with zero attached hydrogens (tertiary/aromatic N) is 1. The average molecular weight is 468 g/mol. The summed E-state index contributed by atoms with van der Waals surface area (Å²) >= 11 is 6.25. The van der Waals surface area contributed by atoms with Crippen LogP contribution < -0.4 is 14.2 Å². The van der Waals surface area contributed by atoms with Crippen LogP contribution >= 0.6 is 11.6 Å². The summed E-state index contributed by atoms with van der Waals surface area (Å²) in [6.07, 6.45) is 0. The van der Waals surface area contributed by atoms with Crippen LogP contribution in [0.15, 0.2) is 30.3 Å². The van der Waals surface area contributed by atoms with Gasteiger partial charge in [0.1, 0.15) is 0 Å². The summed E-state index contributed by atoms with van der Waals surface area (Å²) in [5, 5.41) is 0.196. The van der Waals surface area contributed by atoms with Crippen molar-refractivity contribution in [1.29, 1.82) is 0 Å². The van der Waals surface area contributed by atoms with Gasteiger partial charge in [0.05, 0.1) is 31.4 Å². The van der Waals surface area contributed by atoms with E-state index in [9.17, 15) is 14.0 Å². The number of carbonyl (C=O) groups excluding carboxylic acids is 2. The molecule has 0 saturated carbocycles. The first kappa shape index (κ1) is 25.3. The first-order chi connectivity index (χ1) is 15.2. The molecule has 32 heavy (non-hydrogen) atoms. The first-order valence-corrected chi connectivity index (χ1v) is 10.3. The van der Waals surface area contributed by atoms with Gasteiger partial charge in [-0.1, -0.05) is 31.5 Å². The Kier molecular flexibility index (Phi) is 9.13. The maximum Gasteiger partial charge on any atom is 0.338 e. The van der Waals surface area contributed by atoms with Gasteiger partial charge in [-0.2, -0.15) is 0 Å². The zero-order chi connectivity index (χ0) is 23.8. The first-order valence-electron chi connectivity index (χ1n) is 9.90. The Morgan fingerprint density at radius 2 is 1.78 bits per heavy atom. The number of rotatable bonds is 10. The summed E-state index contributed by atoms with van der Waals surface area (Å²) in [7, 11) is 4.33. The average Bonchev–Trinajstić information content (AvgIpc) is 2.75. The van der Waals surface area contributed by atoms with E-state index >= 15 is 0 Å². The maximum absolute atomic E-state index is 13.8. The molecule has 0 N–H and O–H groups in total. The van der Waals surface area contributed by atoms with Crippen LogP contribution in [-0.2, 0) is 16.1 Å². The van der Waals surface area contributed by atoms with E-state index < -0.39 is 24.3 Å². The molecular weight excluding hydrogens is 441 g/mol. The number of esters is 1. The zero-order valence-electron chi connectivity index (χ0n) is 18.7. The van der Waals surface area contributed by atoms with Crippen molar-refractivity contribution in [2.45, 2.75) is 20.4 Å². The lowest BCUT2D eigenvalue weighted by Gasteiger charge is -2.18. The summed E-state index contributed by atoms with van der Waals surface area (Å²) in [5.41, 5.74) is 0.690. The van der Waals surface area contributed by atoms with Crippen LogP contribution in [0.2, 0.25) is 5.02 Å². The summed E-state index contributed by atoms with van der Waals surface area (Å²) in [6, 6.07) is 7.25. The van der Waals surface area contributed by atoms with Crippen LogP contribution in [0, 0.1) is 11.7 Å². The second-order valence-corrected chi connectivity index (χ2v) is 7.90. The minimum Gasteiger partial charge on any atom is -0.494 e. The Morgan fingerprint density at radius 1 is 1.09 bits per heavy atom. The smallest absolute Gasteiger partial charge is 0.338 e. The van der Waals surface area contributed by atoms with Gasteiger partial charge in [-0.25, -0.2) is 9.18 Å². The molecule has 0 bridgehead atoms. The number of likely N-dealkylation sites (N-methyl/N-ethyl adjacent to an activating group) is 1. The molecule has 2 rings (SSSR count). The Bertz CT molecular complexity index is 966. The standard InChI is InChI=1S/C23H27ClFNO6/c1-14(2)12-31-22-17(24)9-16(10-20(22)30-5)23(28)32-13-21(27)26(3)11-15-6-7-19(29-4)18(25)8-15/h6-10,14H,11-13H2,1-5H3. The third kappa shape index (κ3) is 6.75. The van der Waals surface area contributed by atoms with E-state index in [0.717, 1.165) is 0 Å². The van der Waals surface area contributed by atoms with E-state index in [2.05, 4.69) is 0 Å². The molecule has 0 aliphatic heterocycles. The Hall–Kier alpha value is -3.00. The van der Waals surface area contributed by atoms with E-state index in [1.54, 1.807) is 6.07 Å². The van der Waals surface area contributed by atoms with E-state index in [1.165, 1.54) is 50.4 Å². The van der Waals surface area contributed by atoms with Crippen molar-refractivity contribution in [3.8, 4) is 17.2 Å². The van der Waals surface area contributed by atoms with Crippen LogP contribution in [0.3, 0.4) is 0 Å². The predicted octanol–water partition coefficient (Wildman–Crippen LogP) is 4.35. The largest absolute Gasteiger partial charge is 0.494 e. The van der Waals surface area contributed by atoms with Crippen LogP contribution in [-0.4, -0.2) is 51.3 Å². The second kappa shape index (κ2) is 11.6. The van der Waals surface area contributed by atoms with Gasteiger partial charge < -0.3 is 23.8 Å². The van der Waals surface area contributed by atoms with Gasteiger partial charge in [-0.3, -0.25) is 4.79 Å². The van der Waals surface area contributed by atoms with Gasteiger partial charge in [0.2, 0.25) is 0 Å². The number of methoxy groups -OCH3 is 2. The molecule has 0 spiro atoms. The van der Waals surface area contributed by atoms with Gasteiger partial charge >= 0.3 is 5.97 Å². The third-order valence-electron chi connectivity index (χ3n) is 4.41. The molecule has 0 radical (unpaired) electrons. The number of benzene rings is 2. The number of hydrogen-bond donors (Lipinski definition) is 0. The molecule has 0 aromatic heterocycles. The fourth-order valence-electron chi connectivity index (χ4n) is 2.72. The SMILES string of the molecule is COc1ccc(CN(C)C(=O)COC(=O)c2cc(Cl)c(OCC(C)C)c(OC)c2)cc1F. The summed E-state index contributed by atoms with van der Waals surface area (Å²) in [4.78, 5) is 26.1. The van der Waals surface area contributed by atoms with Crippen LogP contribution in [0.25, 0.3) is 0 Å². The lowest BCUT2D eigenvalue weighted by molar-refractivity contribution is -0.133. The van der Waals surface area contributed by atoms with Gasteiger partial charge in [0.15, 0.2) is 29.7 Å². The van der Waals surface area contributed by atoms with Crippen molar-refractivity contribution < 1.29 is 32.9 Å². The van der Waals surface area contributed by atoms with Crippen molar-refractivity contribution in [3.63, 3.8) is 0 Å². The van der Waals surface area contributed by atoms with Crippen LogP contribution in [0.4, 0.5) is 4.39 Å². The molecule has 174 valence electrons. The number of hydrogen-bond acceptors (Lipinski definition) is 6. The Balaban J connectivity index is 1.99. The number of amides is 1. The summed E-state index contributed by atoms with van der Waals surface area (Å²) < 4.78 is 34.8. The minimum absolute atomic E-state index is 0.117. The van der Waals surface area contributed by atoms with Gasteiger partial charge in [-0.15, -0.1) is 0 Å². The fourth-order valence-corrected chi connectivity index (χ4v) is 2.98. The highest BCUT2D eigenvalue weighted by Crippen LogP contribution is 2.37. The summed E-state index contributed by atoms with van der Waals surface area (Å²) in [5.74, 6) is -0.701. The number of ether oxygens (including phenoxy) is 4. The van der Waals surface area contributed by atoms with Crippen molar-refractivity contribution in [2.75, 3.05) is 34.5 Å². The highest BCUT2D eigenvalue weighted by molar-refractivity contribution is 6.32. The lowest BCUT2D eigenvalue weighted by Crippen LogP contribution is -2.30. The Morgan fingerprint density at radius 3 is 2.38 bits per heavy atom. The molecule has 9 heteroatoms. The Labute approximate surface area is 192 Å². The van der Waals surface area contributed by atoms with Gasteiger partial charge in [0, 0.05) is 13.6 Å². The van der Waals surface area contributed by atoms with E-state index in [-0.39, 0.29) is 34.5 Å². The molecular formula is C23H27ClFNO6. The molecule has 2 aromatic carbocycles. The number of carbonyl (C=O) groups is 2. The van der Waals surface area contributed by atoms with Crippen molar-refractivity contribution >= 4 is 23.5 Å². The quantitative estimate of drug-likeness (QED) is 0.484. The summed E-state index contributed by atoms with van der Waals surface area (Å²) in [6.45, 7) is 4.06. The van der Waals surface area contributed by atoms with E-state index in [4.69, 9.17) is 30.5 Å². The van der Waals surface area contributed by atoms with Gasteiger partial charge in [0.25, 0.3) is 5.91 Å². The molecule has 0 fully saturated rings. The van der Waals surface area contributed by atoms with Crippen molar-refractivity contribution in [3.05, 3.63) is 52.3 Å². The van der Waals surface area contributed by atoms with E-state index in [1.807, 2.05) is 13.8 Å². The molecule has 0 heterocycles. The van der Waals surface area contributed by atoms with Gasteiger partial charge in [-0.05, 0) is 35.7 Å². The maximum atomic E-state index is 13.8. The molecule has 0 atom stereocenters. The highest BCUT2D eigenvalue weighted by atomic mass is 35.5. The molecule has 7 nitrogen and oxygen atoms in total. The highest BCUT2D eigenvalue weighted by Gasteiger charge is 2.19. The van der Waals surface area contributed by atoms with Crippen molar-refractivity contribution in [2.24, 2.45) is 5.92 Å². The predicted molar refractivity (Wildman–Crippen MR) is 118 cm³/mol.